The lowest BCUT2D eigenvalue weighted by Gasteiger charge is -2.28. The van der Waals surface area contributed by atoms with Gasteiger partial charge in [0, 0.05) is 6.54 Å². The summed E-state index contributed by atoms with van der Waals surface area (Å²) in [6, 6.07) is 3.79. The van der Waals surface area contributed by atoms with Crippen molar-refractivity contribution < 1.29 is 22.4 Å². The molecule has 1 aliphatic heterocycles. The van der Waals surface area contributed by atoms with Crippen molar-refractivity contribution in [3.8, 4) is 0 Å². The molecule has 0 bridgehead atoms. The molecule has 1 aromatic carbocycles. The number of carbonyl (C=O) groups is 1. The van der Waals surface area contributed by atoms with Gasteiger partial charge in [-0.3, -0.25) is 4.79 Å². The Kier molecular flexibility index (Phi) is 4.68. The number of nitrogens with zero attached hydrogens (tertiary/aromatic N) is 1. The van der Waals surface area contributed by atoms with E-state index in [0.29, 0.717) is 18.4 Å². The zero-order valence-electron chi connectivity index (χ0n) is 10.6. The Bertz CT molecular complexity index is 553. The summed E-state index contributed by atoms with van der Waals surface area (Å²) in [7, 11) is 0. The van der Waals surface area contributed by atoms with Crippen molar-refractivity contribution in [2.75, 3.05) is 6.54 Å². The third-order valence-corrected chi connectivity index (χ3v) is 4.14. The number of rotatable bonds is 3. The predicted molar refractivity (Wildman–Crippen MR) is 71.1 cm³/mol. The molecule has 0 saturated carbocycles. The number of likely N-dealkylation sites (tertiary alicyclic amines) is 1. The third-order valence-electron chi connectivity index (χ3n) is 3.40. The monoisotopic (exact) mass is 343 g/mol. The van der Waals surface area contributed by atoms with Crippen LogP contribution in [0.25, 0.3) is 0 Å². The minimum absolute atomic E-state index is 0.00601. The summed E-state index contributed by atoms with van der Waals surface area (Å²) in [5, 5.41) is 0.503. The van der Waals surface area contributed by atoms with Crippen LogP contribution in [0.15, 0.2) is 18.2 Å². The lowest BCUT2D eigenvalue weighted by molar-refractivity contribution is -0.181. The maximum Gasteiger partial charge on any atom is 0.383 e. The largest absolute Gasteiger partial charge is 0.383 e. The molecular weight excluding hydrogens is 333 g/mol. The Labute approximate surface area is 128 Å². The number of amides is 1. The quantitative estimate of drug-likeness (QED) is 0.737. The van der Waals surface area contributed by atoms with Crippen molar-refractivity contribution in [3.05, 3.63) is 33.8 Å². The summed E-state index contributed by atoms with van der Waals surface area (Å²) in [5.41, 5.74) is 0.500. The van der Waals surface area contributed by atoms with Crippen LogP contribution in [0.1, 0.15) is 24.4 Å². The first-order chi connectivity index (χ1) is 9.75. The molecule has 1 heterocycles. The van der Waals surface area contributed by atoms with E-state index in [0.717, 1.165) is 4.90 Å². The normalized spacial score (nSPS) is 19.4. The summed E-state index contributed by atoms with van der Waals surface area (Å²) < 4.78 is 51.1. The number of alkyl halides is 4. The zero-order chi connectivity index (χ0) is 15.8. The zero-order valence-corrected chi connectivity index (χ0v) is 12.1. The standard InChI is InChI=1S/C13H11Cl2F4NO/c14-8-4-3-7(6-9(8)15)10-2-1-5-20(10)12(21)13(18,19)11(16)17/h3-4,6,10-11H,1-2,5H2. The molecule has 8 heteroatoms. The number of hydrogen-bond donors (Lipinski definition) is 0. The van der Waals surface area contributed by atoms with E-state index < -0.39 is 24.3 Å². The topological polar surface area (TPSA) is 20.3 Å². The van der Waals surface area contributed by atoms with Gasteiger partial charge in [-0.1, -0.05) is 29.3 Å². The summed E-state index contributed by atoms with van der Waals surface area (Å²) in [5.74, 6) is -6.54. The van der Waals surface area contributed by atoms with Crippen LogP contribution in [0.4, 0.5) is 17.6 Å². The first-order valence-corrected chi connectivity index (χ1v) is 6.92. The minimum Gasteiger partial charge on any atom is -0.330 e. The van der Waals surface area contributed by atoms with Crippen LogP contribution in [-0.2, 0) is 4.79 Å². The second-order valence-corrected chi connectivity index (χ2v) is 5.57. The highest BCUT2D eigenvalue weighted by Crippen LogP contribution is 2.38. The van der Waals surface area contributed by atoms with Crippen LogP contribution in [0.2, 0.25) is 10.0 Å². The van der Waals surface area contributed by atoms with E-state index in [1.807, 2.05) is 0 Å². The minimum atomic E-state index is -4.68. The third kappa shape index (κ3) is 3.11. The van der Waals surface area contributed by atoms with Crippen molar-refractivity contribution in [3.63, 3.8) is 0 Å². The number of benzene rings is 1. The second kappa shape index (κ2) is 6.01. The predicted octanol–water partition coefficient (Wildman–Crippen LogP) is 4.56. The van der Waals surface area contributed by atoms with Crippen LogP contribution in [0.3, 0.4) is 0 Å². The van der Waals surface area contributed by atoms with Gasteiger partial charge in [0.1, 0.15) is 0 Å². The van der Waals surface area contributed by atoms with E-state index >= 15 is 0 Å². The molecule has 1 atom stereocenters. The summed E-state index contributed by atoms with van der Waals surface area (Å²) in [4.78, 5) is 12.5. The summed E-state index contributed by atoms with van der Waals surface area (Å²) >= 11 is 11.6. The molecule has 1 unspecified atom stereocenters. The summed E-state index contributed by atoms with van der Waals surface area (Å²) in [6.45, 7) is 0.00601. The number of carbonyl (C=O) groups excluding carboxylic acids is 1. The van der Waals surface area contributed by atoms with Gasteiger partial charge in [-0.25, -0.2) is 8.78 Å². The van der Waals surface area contributed by atoms with Gasteiger partial charge in [-0.15, -0.1) is 0 Å². The molecule has 2 rings (SSSR count). The fourth-order valence-electron chi connectivity index (χ4n) is 2.36. The van der Waals surface area contributed by atoms with Crippen LogP contribution >= 0.6 is 23.2 Å². The van der Waals surface area contributed by atoms with Crippen molar-refractivity contribution in [2.45, 2.75) is 31.2 Å². The van der Waals surface area contributed by atoms with Gasteiger partial charge in [0.25, 0.3) is 5.91 Å². The van der Waals surface area contributed by atoms with E-state index in [2.05, 4.69) is 0 Å². The van der Waals surface area contributed by atoms with Gasteiger partial charge in [-0.2, -0.15) is 8.78 Å². The average Bonchev–Trinajstić information content (AvgIpc) is 2.89. The first kappa shape index (κ1) is 16.4. The van der Waals surface area contributed by atoms with Gasteiger partial charge in [0.2, 0.25) is 0 Å². The highest BCUT2D eigenvalue weighted by Gasteiger charge is 2.53. The molecule has 0 aliphatic carbocycles. The molecule has 0 radical (unpaired) electrons. The Morgan fingerprint density at radius 1 is 1.29 bits per heavy atom. The Morgan fingerprint density at radius 2 is 1.95 bits per heavy atom. The Hall–Kier alpha value is -1.01. The molecule has 1 amide bonds. The number of hydrogen-bond acceptors (Lipinski definition) is 1. The van der Waals surface area contributed by atoms with Gasteiger partial charge in [-0.05, 0) is 30.5 Å². The number of halogens is 6. The molecule has 21 heavy (non-hydrogen) atoms. The van der Waals surface area contributed by atoms with Crippen LogP contribution in [0.5, 0.6) is 0 Å². The average molecular weight is 344 g/mol. The highest BCUT2D eigenvalue weighted by molar-refractivity contribution is 6.42. The fourth-order valence-corrected chi connectivity index (χ4v) is 2.67. The smallest absolute Gasteiger partial charge is 0.330 e. The Balaban J connectivity index is 2.28. The van der Waals surface area contributed by atoms with Gasteiger partial charge < -0.3 is 4.90 Å². The van der Waals surface area contributed by atoms with E-state index in [1.165, 1.54) is 12.1 Å². The van der Waals surface area contributed by atoms with Crippen LogP contribution in [-0.4, -0.2) is 29.7 Å². The lowest BCUT2D eigenvalue weighted by atomic mass is 10.0. The maximum absolute atomic E-state index is 13.2. The van der Waals surface area contributed by atoms with Crippen molar-refractivity contribution in [1.29, 1.82) is 0 Å². The fraction of sp³-hybridized carbons (Fsp3) is 0.462. The van der Waals surface area contributed by atoms with Crippen molar-refractivity contribution in [1.82, 2.24) is 4.90 Å². The lowest BCUT2D eigenvalue weighted by Crippen LogP contribution is -2.47. The van der Waals surface area contributed by atoms with Gasteiger partial charge >= 0.3 is 12.3 Å². The second-order valence-electron chi connectivity index (χ2n) is 4.75. The maximum atomic E-state index is 13.2. The van der Waals surface area contributed by atoms with Crippen LogP contribution < -0.4 is 0 Å². The van der Waals surface area contributed by atoms with E-state index in [4.69, 9.17) is 23.2 Å². The van der Waals surface area contributed by atoms with Crippen molar-refractivity contribution in [2.24, 2.45) is 0 Å². The van der Waals surface area contributed by atoms with Gasteiger partial charge in [0.15, 0.2) is 0 Å². The van der Waals surface area contributed by atoms with Crippen molar-refractivity contribution >= 4 is 29.1 Å². The molecule has 0 aromatic heterocycles. The molecule has 116 valence electrons. The molecule has 0 spiro atoms. The molecular formula is C13H11Cl2F4NO. The molecule has 2 nitrogen and oxygen atoms in total. The SMILES string of the molecule is O=C(N1CCCC1c1ccc(Cl)c(Cl)c1)C(F)(F)C(F)F. The van der Waals surface area contributed by atoms with E-state index in [1.54, 1.807) is 6.07 Å². The first-order valence-electron chi connectivity index (χ1n) is 6.17. The Morgan fingerprint density at radius 3 is 2.52 bits per heavy atom. The van der Waals surface area contributed by atoms with Gasteiger partial charge in [0.05, 0.1) is 16.1 Å². The highest BCUT2D eigenvalue weighted by atomic mass is 35.5. The molecule has 1 aliphatic rings. The molecule has 1 fully saturated rings. The van der Waals surface area contributed by atoms with E-state index in [-0.39, 0.29) is 16.6 Å². The molecule has 1 saturated heterocycles. The van der Waals surface area contributed by atoms with E-state index in [9.17, 15) is 22.4 Å². The molecule has 0 N–H and O–H groups in total. The summed E-state index contributed by atoms with van der Waals surface area (Å²) in [6.07, 6.45) is -3.17. The molecule has 1 aromatic rings. The van der Waals surface area contributed by atoms with Crippen LogP contribution in [0, 0.1) is 0 Å².